The van der Waals surface area contributed by atoms with Crippen molar-refractivity contribution in [2.24, 2.45) is 5.92 Å². The molecule has 0 saturated carbocycles. The number of carbonyl (C=O) groups is 2. The summed E-state index contributed by atoms with van der Waals surface area (Å²) in [5.74, 6) is -0.856. The third-order valence-electron chi connectivity index (χ3n) is 3.06. The summed E-state index contributed by atoms with van der Waals surface area (Å²) in [6.45, 7) is 2.04. The fraction of sp³-hybridized carbons (Fsp3) is 0.353. The number of nitrogens with one attached hydrogen (secondary N) is 1. The largest absolute Gasteiger partial charge is 0.466 e. The van der Waals surface area contributed by atoms with E-state index in [-0.39, 0.29) is 36.4 Å². The number of rotatable bonds is 9. The third-order valence-corrected chi connectivity index (χ3v) is 3.97. The number of ketones is 1. The Morgan fingerprint density at radius 1 is 1.29 bits per heavy atom. The van der Waals surface area contributed by atoms with E-state index in [1.807, 2.05) is 0 Å². The lowest BCUT2D eigenvalue weighted by atomic mass is 9.99. The topological polar surface area (TPSA) is 55.4 Å². The number of benzene rings is 1. The van der Waals surface area contributed by atoms with Gasteiger partial charge in [0.2, 0.25) is 0 Å². The molecule has 1 aromatic carbocycles. The van der Waals surface area contributed by atoms with Crippen LogP contribution in [0.3, 0.4) is 0 Å². The maximum absolute atomic E-state index is 11.6. The summed E-state index contributed by atoms with van der Waals surface area (Å²) in [6.07, 6.45) is 3.64. The average Bonchev–Trinajstić information content (AvgIpc) is 2.55. The van der Waals surface area contributed by atoms with Gasteiger partial charge in [-0.3, -0.25) is 9.59 Å². The highest BCUT2D eigenvalue weighted by atomic mass is 35.5. The zero-order valence-electron chi connectivity index (χ0n) is 13.3. The molecule has 0 aliphatic heterocycles. The van der Waals surface area contributed by atoms with Crippen LogP contribution in [0, 0.1) is 5.92 Å². The Labute approximate surface area is 157 Å². The van der Waals surface area contributed by atoms with E-state index in [1.54, 1.807) is 43.5 Å². The smallest absolute Gasteiger partial charge is 0.306 e. The summed E-state index contributed by atoms with van der Waals surface area (Å²) in [5.41, 5.74) is 0.817. The molecule has 1 aromatic rings. The lowest BCUT2D eigenvalue weighted by molar-refractivity contribution is -0.143. The molecule has 0 amide bonds. The number of carbonyl (C=O) groups excluding carboxylic acids is 2. The number of alkyl halides is 1. The summed E-state index contributed by atoms with van der Waals surface area (Å²) in [6, 6.07) is 7.10. The maximum atomic E-state index is 11.6. The van der Waals surface area contributed by atoms with E-state index in [1.165, 1.54) is 0 Å². The molecule has 0 aliphatic rings. The minimum atomic E-state index is -0.352. The van der Waals surface area contributed by atoms with Crippen LogP contribution in [-0.2, 0) is 14.3 Å². The molecule has 0 radical (unpaired) electrons. The predicted molar refractivity (Wildman–Crippen MR) is 101 cm³/mol. The van der Waals surface area contributed by atoms with Gasteiger partial charge in [-0.25, -0.2) is 0 Å². The first-order chi connectivity index (χ1) is 11.5. The van der Waals surface area contributed by atoms with Crippen LogP contribution >= 0.6 is 35.4 Å². The van der Waals surface area contributed by atoms with Crippen LogP contribution in [0.1, 0.15) is 25.3 Å². The molecule has 0 aromatic heterocycles. The molecule has 130 valence electrons. The highest BCUT2D eigenvalue weighted by Crippen LogP contribution is 2.13. The highest BCUT2D eigenvalue weighted by molar-refractivity contribution is 7.80. The molecule has 0 aliphatic carbocycles. The summed E-state index contributed by atoms with van der Waals surface area (Å²) in [5, 5.41) is 3.59. The van der Waals surface area contributed by atoms with Gasteiger partial charge in [0.1, 0.15) is 10.8 Å². The second-order valence-electron chi connectivity index (χ2n) is 4.99. The number of hydrogen-bond acceptors (Lipinski definition) is 4. The Balaban J connectivity index is 2.64. The molecular formula is C17H19Cl2NO3S. The van der Waals surface area contributed by atoms with E-state index in [2.05, 4.69) is 5.32 Å². The van der Waals surface area contributed by atoms with Gasteiger partial charge in [-0.05, 0) is 31.2 Å². The Bertz CT molecular complexity index is 602. The fourth-order valence-corrected chi connectivity index (χ4v) is 2.37. The minimum Gasteiger partial charge on any atom is -0.466 e. The Hall–Kier alpha value is -1.43. The van der Waals surface area contributed by atoms with Crippen molar-refractivity contribution in [1.82, 2.24) is 5.32 Å². The van der Waals surface area contributed by atoms with Crippen LogP contribution in [0.2, 0.25) is 5.02 Å². The highest BCUT2D eigenvalue weighted by Gasteiger charge is 2.15. The molecule has 0 fully saturated rings. The lowest BCUT2D eigenvalue weighted by Crippen LogP contribution is -2.18. The first-order valence-electron chi connectivity index (χ1n) is 7.42. The summed E-state index contributed by atoms with van der Waals surface area (Å²) in [4.78, 5) is 23.7. The van der Waals surface area contributed by atoms with Gasteiger partial charge in [0, 0.05) is 17.0 Å². The summed E-state index contributed by atoms with van der Waals surface area (Å²) < 4.78 is 4.92. The standard InChI is InChI=1S/C17H19Cl2NO3S/c1-2-23-16(22)10-12(9-15(21)11-18)7-8-20-17(24)13-3-5-14(19)6-4-13/h3-8,12H,2,9-11H2,1H3,(H,20,24)/b8-7+. The monoisotopic (exact) mass is 387 g/mol. The number of esters is 1. The molecule has 0 heterocycles. The third kappa shape index (κ3) is 7.90. The van der Waals surface area contributed by atoms with Crippen LogP contribution in [-0.4, -0.2) is 29.2 Å². The molecule has 1 atom stereocenters. The zero-order valence-corrected chi connectivity index (χ0v) is 15.6. The molecule has 24 heavy (non-hydrogen) atoms. The first kappa shape index (κ1) is 20.6. The van der Waals surface area contributed by atoms with Gasteiger partial charge in [-0.1, -0.05) is 42.0 Å². The Morgan fingerprint density at radius 3 is 2.54 bits per heavy atom. The SMILES string of the molecule is CCOC(=O)CC(/C=C/NC(=S)c1ccc(Cl)cc1)CC(=O)CCl. The molecular weight excluding hydrogens is 369 g/mol. The van der Waals surface area contributed by atoms with Crippen molar-refractivity contribution in [2.75, 3.05) is 12.5 Å². The van der Waals surface area contributed by atoms with E-state index in [0.717, 1.165) is 5.56 Å². The van der Waals surface area contributed by atoms with Crippen molar-refractivity contribution < 1.29 is 14.3 Å². The first-order valence-corrected chi connectivity index (χ1v) is 8.74. The van der Waals surface area contributed by atoms with Crippen LogP contribution in [0.25, 0.3) is 0 Å². The van der Waals surface area contributed by atoms with Crippen LogP contribution in [0.4, 0.5) is 0 Å². The summed E-state index contributed by atoms with van der Waals surface area (Å²) in [7, 11) is 0. The van der Waals surface area contributed by atoms with E-state index in [4.69, 9.17) is 40.2 Å². The van der Waals surface area contributed by atoms with Crippen molar-refractivity contribution >= 4 is 52.2 Å². The fourth-order valence-electron chi connectivity index (χ4n) is 1.93. The van der Waals surface area contributed by atoms with E-state index >= 15 is 0 Å². The molecule has 0 saturated heterocycles. The molecule has 1 unspecified atom stereocenters. The quantitative estimate of drug-likeness (QED) is 0.395. The molecule has 1 N–H and O–H groups in total. The van der Waals surface area contributed by atoms with Crippen LogP contribution in [0.5, 0.6) is 0 Å². The molecule has 7 heteroatoms. The lowest BCUT2D eigenvalue weighted by Gasteiger charge is -2.11. The van der Waals surface area contributed by atoms with Crippen molar-refractivity contribution in [1.29, 1.82) is 0 Å². The number of hydrogen-bond donors (Lipinski definition) is 1. The minimum absolute atomic E-state index is 0.0796. The van der Waals surface area contributed by atoms with Crippen molar-refractivity contribution in [3.63, 3.8) is 0 Å². The van der Waals surface area contributed by atoms with Gasteiger partial charge in [0.05, 0.1) is 18.9 Å². The average molecular weight is 388 g/mol. The second kappa shape index (κ2) is 11.2. The van der Waals surface area contributed by atoms with Gasteiger partial charge in [0.15, 0.2) is 0 Å². The van der Waals surface area contributed by atoms with E-state index < -0.39 is 0 Å². The second-order valence-corrected chi connectivity index (χ2v) is 6.10. The number of Topliss-reactive ketones (excluding diaryl/α,β-unsaturated/α-hetero) is 1. The Kier molecular flexibility index (Phi) is 9.60. The summed E-state index contributed by atoms with van der Waals surface area (Å²) >= 11 is 16.6. The number of ether oxygens (including phenoxy) is 1. The number of halogens is 2. The van der Waals surface area contributed by atoms with E-state index in [9.17, 15) is 9.59 Å². The van der Waals surface area contributed by atoms with Crippen molar-refractivity contribution in [3.8, 4) is 0 Å². The van der Waals surface area contributed by atoms with Gasteiger partial charge in [-0.2, -0.15) is 0 Å². The normalized spacial score (nSPS) is 12.0. The molecule has 0 spiro atoms. The van der Waals surface area contributed by atoms with Gasteiger partial charge in [0.25, 0.3) is 0 Å². The van der Waals surface area contributed by atoms with Gasteiger partial charge in [-0.15, -0.1) is 11.6 Å². The zero-order chi connectivity index (χ0) is 17.9. The van der Waals surface area contributed by atoms with Crippen LogP contribution < -0.4 is 5.32 Å². The van der Waals surface area contributed by atoms with Crippen molar-refractivity contribution in [3.05, 3.63) is 47.1 Å². The van der Waals surface area contributed by atoms with E-state index in [0.29, 0.717) is 16.6 Å². The molecule has 4 nitrogen and oxygen atoms in total. The number of allylic oxidation sites excluding steroid dienone is 1. The van der Waals surface area contributed by atoms with Crippen molar-refractivity contribution in [2.45, 2.75) is 19.8 Å². The maximum Gasteiger partial charge on any atom is 0.306 e. The molecule has 1 rings (SSSR count). The number of thiocarbonyl (C=S) groups is 1. The van der Waals surface area contributed by atoms with Gasteiger partial charge < -0.3 is 10.1 Å². The predicted octanol–water partition coefficient (Wildman–Crippen LogP) is 3.89. The molecule has 0 bridgehead atoms. The Morgan fingerprint density at radius 2 is 1.96 bits per heavy atom. The van der Waals surface area contributed by atoms with Gasteiger partial charge >= 0.3 is 5.97 Å². The van der Waals surface area contributed by atoms with Crippen LogP contribution in [0.15, 0.2) is 36.5 Å².